The van der Waals surface area contributed by atoms with Crippen molar-refractivity contribution < 1.29 is 32.2 Å². The number of nitrogens with one attached hydrogen (secondary N) is 1. The number of benzene rings is 3. The van der Waals surface area contributed by atoms with Crippen LogP contribution >= 0.6 is 0 Å². The highest BCUT2D eigenvalue weighted by atomic mass is 32.2. The third kappa shape index (κ3) is 10.1. The van der Waals surface area contributed by atoms with Crippen LogP contribution in [0.1, 0.15) is 77.8 Å². The van der Waals surface area contributed by atoms with Crippen molar-refractivity contribution in [3.05, 3.63) is 96.1 Å². The minimum atomic E-state index is -4.19. The van der Waals surface area contributed by atoms with Crippen LogP contribution in [0.4, 0.5) is 19.7 Å². The van der Waals surface area contributed by atoms with Crippen molar-refractivity contribution in [3.8, 4) is 22.5 Å². The Bertz CT molecular complexity index is 2630. The van der Waals surface area contributed by atoms with Crippen molar-refractivity contribution in [1.29, 1.82) is 0 Å². The van der Waals surface area contributed by atoms with Crippen LogP contribution in [0, 0.1) is 30.0 Å². The van der Waals surface area contributed by atoms with Crippen molar-refractivity contribution in [3.63, 3.8) is 0 Å². The maximum absolute atomic E-state index is 15.6. The summed E-state index contributed by atoms with van der Waals surface area (Å²) >= 11 is 0. The van der Waals surface area contributed by atoms with E-state index in [0.29, 0.717) is 45.9 Å². The molecule has 8 rings (SSSR count). The first-order valence-corrected chi connectivity index (χ1v) is 24.3. The number of hydrogen-bond acceptors (Lipinski definition) is 9. The summed E-state index contributed by atoms with van der Waals surface area (Å²) in [7, 11) is -4.19. The van der Waals surface area contributed by atoms with E-state index in [1.165, 1.54) is 22.4 Å². The number of hydrogen-bond donors (Lipinski definition) is 2. The summed E-state index contributed by atoms with van der Waals surface area (Å²) in [6, 6.07) is 20.0. The lowest BCUT2D eigenvalue weighted by Gasteiger charge is -2.46. The third-order valence-corrected chi connectivity index (χ3v) is 15.3. The maximum atomic E-state index is 15.6. The molecule has 3 saturated heterocycles. The Balaban J connectivity index is 1.02. The standard InChI is InChI=1S/C50H62FN7O6S/c1-33(2)26-37-30-57(31-44(37)59)47(60)54-42-28-38(51)27-40(34(42)3)45-41-29-43(58(46(41)53-32-52-45)65(62,63)39-10-8-7-9-11-39)36-14-12-35(13-15-36)16-21-55-22-17-50(18-23-55)19-24-56(25-20-50)48(61)64-49(4,5)6/h7-15,27-29,32-33,37,44,59H,16-26,30-31H2,1-6H3,(H,54,60). The molecule has 0 saturated carbocycles. The molecule has 5 aromatic rings. The molecule has 2 aromatic heterocycles. The highest BCUT2D eigenvalue weighted by molar-refractivity contribution is 7.90. The Kier molecular flexibility index (Phi) is 13.1. The third-order valence-electron chi connectivity index (χ3n) is 13.5. The molecule has 0 bridgehead atoms. The normalized spacial score (nSPS) is 19.3. The minimum absolute atomic E-state index is 0.0427. The number of ether oxygens (including phenoxy) is 1. The van der Waals surface area contributed by atoms with Crippen molar-refractivity contribution in [2.75, 3.05) is 51.1 Å². The molecule has 346 valence electrons. The molecule has 3 aromatic carbocycles. The van der Waals surface area contributed by atoms with Crippen molar-refractivity contribution >= 4 is 38.9 Å². The summed E-state index contributed by atoms with van der Waals surface area (Å²) in [5.41, 5.74) is 3.52. The summed E-state index contributed by atoms with van der Waals surface area (Å²) in [6.45, 7) is 16.6. The minimum Gasteiger partial charge on any atom is -0.444 e. The lowest BCUT2D eigenvalue weighted by molar-refractivity contribution is -0.00228. The van der Waals surface area contributed by atoms with Gasteiger partial charge in [-0.15, -0.1) is 0 Å². The molecule has 2 N–H and O–H groups in total. The first-order chi connectivity index (χ1) is 30.9. The summed E-state index contributed by atoms with van der Waals surface area (Å²) in [4.78, 5) is 41.3. The van der Waals surface area contributed by atoms with Crippen LogP contribution in [0.2, 0.25) is 0 Å². The molecule has 2 atom stereocenters. The van der Waals surface area contributed by atoms with Crippen molar-refractivity contribution in [2.24, 2.45) is 17.3 Å². The molecule has 2 unspecified atom stereocenters. The Morgan fingerprint density at radius 2 is 1.60 bits per heavy atom. The Morgan fingerprint density at radius 3 is 2.26 bits per heavy atom. The predicted octanol–water partition coefficient (Wildman–Crippen LogP) is 8.98. The fraction of sp³-hybridized carbons (Fsp3) is 0.480. The van der Waals surface area contributed by atoms with Gasteiger partial charge >= 0.3 is 12.1 Å². The van der Waals surface area contributed by atoms with Crippen LogP contribution in [0.5, 0.6) is 0 Å². The van der Waals surface area contributed by atoms with E-state index in [1.54, 1.807) is 48.2 Å². The molecule has 0 radical (unpaired) electrons. The first-order valence-electron chi connectivity index (χ1n) is 22.9. The SMILES string of the molecule is Cc1c(NC(=O)N2CC(O)C(CC(C)C)C2)cc(F)cc1-c1ncnc2c1cc(-c1ccc(CCN3CCC4(CC3)CCN(C(=O)OC(C)(C)C)CC4)cc1)n2S(=O)(=O)c1ccccc1. The smallest absolute Gasteiger partial charge is 0.410 e. The molecule has 1 spiro atoms. The quantitative estimate of drug-likeness (QED) is 0.140. The van der Waals surface area contributed by atoms with E-state index in [0.717, 1.165) is 76.8 Å². The molecule has 65 heavy (non-hydrogen) atoms. The molecule has 3 amide bonds. The van der Waals surface area contributed by atoms with E-state index in [-0.39, 0.29) is 40.2 Å². The number of anilines is 1. The molecule has 15 heteroatoms. The molecule has 3 aliphatic heterocycles. The van der Waals surface area contributed by atoms with Crippen LogP contribution in [0.15, 0.2) is 84.0 Å². The number of β-amino-alcohol motifs (C(OH)–C–C–N with tert-alkyl or cyclic N) is 1. The maximum Gasteiger partial charge on any atom is 0.410 e. The van der Waals surface area contributed by atoms with Gasteiger partial charge in [0.2, 0.25) is 0 Å². The summed E-state index contributed by atoms with van der Waals surface area (Å²) in [6.07, 6.45) is 6.23. The predicted molar refractivity (Wildman–Crippen MR) is 251 cm³/mol. The molecule has 13 nitrogen and oxygen atoms in total. The number of piperidine rings is 2. The topological polar surface area (TPSA) is 150 Å². The Labute approximate surface area is 382 Å². The summed E-state index contributed by atoms with van der Waals surface area (Å²) in [5.74, 6) is -0.287. The number of aliphatic hydroxyl groups is 1. The molecule has 3 aliphatic rings. The number of nitrogens with zero attached hydrogens (tertiary/aromatic N) is 6. The van der Waals surface area contributed by atoms with E-state index in [2.05, 4.69) is 34.0 Å². The van der Waals surface area contributed by atoms with Gasteiger partial charge in [0.05, 0.1) is 22.4 Å². The molecular formula is C50H62FN7O6S. The lowest BCUT2D eigenvalue weighted by atomic mass is 9.71. The van der Waals surface area contributed by atoms with Gasteiger partial charge in [0.15, 0.2) is 5.65 Å². The summed E-state index contributed by atoms with van der Waals surface area (Å²) < 4.78 is 51.6. The van der Waals surface area contributed by atoms with Crippen LogP contribution < -0.4 is 5.32 Å². The van der Waals surface area contributed by atoms with E-state index in [9.17, 15) is 23.1 Å². The fourth-order valence-corrected chi connectivity index (χ4v) is 11.3. The molecule has 5 heterocycles. The van der Waals surface area contributed by atoms with Crippen LogP contribution in [-0.2, 0) is 21.2 Å². The van der Waals surface area contributed by atoms with E-state index < -0.39 is 33.6 Å². The van der Waals surface area contributed by atoms with E-state index in [4.69, 9.17) is 4.74 Å². The Hall–Kier alpha value is -5.38. The van der Waals surface area contributed by atoms with Gasteiger partial charge in [-0.2, -0.15) is 0 Å². The van der Waals surface area contributed by atoms with Crippen LogP contribution in [-0.4, -0.2) is 112 Å². The number of carbonyl (C=O) groups is 2. The second-order valence-electron chi connectivity index (χ2n) is 19.7. The first kappa shape index (κ1) is 46.2. The number of carbonyl (C=O) groups excluding carboxylic acids is 2. The van der Waals surface area contributed by atoms with Gasteiger partial charge in [0, 0.05) is 55.3 Å². The number of amides is 3. The van der Waals surface area contributed by atoms with Gasteiger partial charge in [0.1, 0.15) is 17.7 Å². The number of fused-ring (bicyclic) bond motifs is 1. The zero-order chi connectivity index (χ0) is 46.3. The number of rotatable bonds is 10. The van der Waals surface area contributed by atoms with Crippen LogP contribution in [0.3, 0.4) is 0 Å². The van der Waals surface area contributed by atoms with Crippen LogP contribution in [0.25, 0.3) is 33.5 Å². The number of urea groups is 1. The monoisotopic (exact) mass is 907 g/mol. The number of halogens is 1. The van der Waals surface area contributed by atoms with Crippen molar-refractivity contribution in [1.82, 2.24) is 28.6 Å². The summed E-state index contributed by atoms with van der Waals surface area (Å²) in [5, 5.41) is 13.9. The van der Waals surface area contributed by atoms with E-state index >= 15 is 4.39 Å². The van der Waals surface area contributed by atoms with Gasteiger partial charge < -0.3 is 29.9 Å². The van der Waals surface area contributed by atoms with Gasteiger partial charge in [-0.05, 0) is 138 Å². The molecule has 3 fully saturated rings. The van der Waals surface area contributed by atoms with Gasteiger partial charge in [0.25, 0.3) is 10.0 Å². The lowest BCUT2D eigenvalue weighted by Crippen LogP contribution is -2.49. The zero-order valence-corrected chi connectivity index (χ0v) is 39.2. The molecular weight excluding hydrogens is 846 g/mol. The zero-order valence-electron chi connectivity index (χ0n) is 38.4. The van der Waals surface area contributed by atoms with Crippen molar-refractivity contribution in [2.45, 2.75) is 96.7 Å². The highest BCUT2D eigenvalue weighted by Gasteiger charge is 2.40. The van der Waals surface area contributed by atoms with E-state index in [1.807, 2.05) is 49.9 Å². The number of aromatic nitrogens is 3. The van der Waals surface area contributed by atoms with Gasteiger partial charge in [-0.25, -0.2) is 36.3 Å². The number of likely N-dealkylation sites (tertiary alicyclic amines) is 3. The average molecular weight is 908 g/mol. The van der Waals surface area contributed by atoms with Gasteiger partial charge in [-0.1, -0.05) is 56.3 Å². The van der Waals surface area contributed by atoms with Gasteiger partial charge in [-0.3, -0.25) is 0 Å². The second-order valence-corrected chi connectivity index (χ2v) is 21.5. The second kappa shape index (κ2) is 18.5. The number of aliphatic hydroxyl groups excluding tert-OH is 1. The molecule has 0 aliphatic carbocycles. The Morgan fingerprint density at radius 1 is 0.923 bits per heavy atom. The fourth-order valence-electron chi connectivity index (χ4n) is 9.82. The average Bonchev–Trinajstić information content (AvgIpc) is 3.85. The largest absolute Gasteiger partial charge is 0.444 e. The highest BCUT2D eigenvalue weighted by Crippen LogP contribution is 2.42.